The fourth-order valence-corrected chi connectivity index (χ4v) is 4.15. The number of carbonyl (C=O) groups is 2. The van der Waals surface area contributed by atoms with Crippen LogP contribution in [0, 0.1) is 6.92 Å². The largest absolute Gasteiger partial charge is 0.483 e. The Kier molecular flexibility index (Phi) is 5.53. The van der Waals surface area contributed by atoms with Crippen LogP contribution >= 0.6 is 0 Å². The van der Waals surface area contributed by atoms with Crippen molar-refractivity contribution in [1.82, 2.24) is 0 Å². The number of Topliss-reactive ketones (excluding diaryl/α,β-unsaturated/α-hetero) is 1. The number of amides is 1. The molecular formula is C23H26N2O4. The Hall–Kier alpha value is -2.86. The third-order valence-corrected chi connectivity index (χ3v) is 5.57. The molecule has 1 fully saturated rings. The molecule has 2 aromatic rings. The Morgan fingerprint density at radius 2 is 1.90 bits per heavy atom. The van der Waals surface area contributed by atoms with Crippen molar-refractivity contribution in [2.75, 3.05) is 43.1 Å². The van der Waals surface area contributed by atoms with E-state index >= 15 is 0 Å². The van der Waals surface area contributed by atoms with Crippen molar-refractivity contribution >= 4 is 23.1 Å². The van der Waals surface area contributed by atoms with Gasteiger partial charge in [-0.15, -0.1) is 0 Å². The van der Waals surface area contributed by atoms with Crippen LogP contribution in [0.25, 0.3) is 0 Å². The number of morpholine rings is 1. The first kappa shape index (κ1) is 19.5. The van der Waals surface area contributed by atoms with Gasteiger partial charge in [-0.05, 0) is 54.3 Å². The molecule has 2 aliphatic rings. The van der Waals surface area contributed by atoms with Crippen molar-refractivity contribution in [2.45, 2.75) is 26.2 Å². The molecule has 6 heteroatoms. The Labute approximate surface area is 170 Å². The zero-order valence-electron chi connectivity index (χ0n) is 16.9. The normalized spacial score (nSPS) is 18.5. The topological polar surface area (TPSA) is 67.9 Å². The van der Waals surface area contributed by atoms with E-state index in [4.69, 9.17) is 9.47 Å². The Bertz CT molecular complexity index is 917. The van der Waals surface area contributed by atoms with Gasteiger partial charge in [0.2, 0.25) is 0 Å². The lowest BCUT2D eigenvalue weighted by atomic mass is 9.97. The van der Waals surface area contributed by atoms with E-state index in [-0.39, 0.29) is 24.2 Å². The van der Waals surface area contributed by atoms with Gasteiger partial charge in [-0.3, -0.25) is 9.59 Å². The lowest BCUT2D eigenvalue weighted by Gasteiger charge is -2.28. The molecule has 1 saturated heterocycles. The van der Waals surface area contributed by atoms with Crippen molar-refractivity contribution in [1.29, 1.82) is 0 Å². The second-order valence-electron chi connectivity index (χ2n) is 7.68. The zero-order chi connectivity index (χ0) is 20.4. The summed E-state index contributed by atoms with van der Waals surface area (Å²) in [5.74, 6) is 0.528. The molecule has 1 aliphatic carbocycles. The molecule has 1 atom stereocenters. The lowest BCUT2D eigenvalue weighted by Crippen LogP contribution is -2.36. The number of ether oxygens (including phenoxy) is 2. The molecule has 4 rings (SSSR count). The molecule has 0 aromatic heterocycles. The number of rotatable bonds is 5. The third-order valence-electron chi connectivity index (χ3n) is 5.57. The van der Waals surface area contributed by atoms with Crippen molar-refractivity contribution in [2.24, 2.45) is 0 Å². The number of anilines is 2. The van der Waals surface area contributed by atoms with Crippen LogP contribution in [0.3, 0.4) is 0 Å². The van der Waals surface area contributed by atoms with E-state index in [1.54, 1.807) is 6.07 Å². The summed E-state index contributed by atoms with van der Waals surface area (Å²) < 4.78 is 11.1. The van der Waals surface area contributed by atoms with Gasteiger partial charge < -0.3 is 19.7 Å². The molecule has 0 unspecified atom stereocenters. The first-order chi connectivity index (χ1) is 14.0. The van der Waals surface area contributed by atoms with Crippen LogP contribution in [0.5, 0.6) is 5.75 Å². The van der Waals surface area contributed by atoms with Crippen molar-refractivity contribution in [3.63, 3.8) is 0 Å². The Balaban J connectivity index is 1.37. The number of hydrogen-bond donors (Lipinski definition) is 1. The van der Waals surface area contributed by atoms with E-state index in [1.165, 1.54) is 0 Å². The summed E-state index contributed by atoms with van der Waals surface area (Å²) in [6, 6.07) is 11.5. The van der Waals surface area contributed by atoms with Gasteiger partial charge in [0.15, 0.2) is 12.4 Å². The smallest absolute Gasteiger partial charge is 0.262 e. The van der Waals surface area contributed by atoms with Gasteiger partial charge >= 0.3 is 0 Å². The number of nitrogens with zero attached hydrogens (tertiary/aromatic N) is 1. The summed E-state index contributed by atoms with van der Waals surface area (Å²) in [4.78, 5) is 27.0. The molecule has 0 saturated carbocycles. The highest BCUT2D eigenvalue weighted by Gasteiger charge is 2.31. The predicted molar refractivity (Wildman–Crippen MR) is 112 cm³/mol. The van der Waals surface area contributed by atoms with E-state index in [0.717, 1.165) is 48.8 Å². The second-order valence-corrected chi connectivity index (χ2v) is 7.68. The average molecular weight is 394 g/mol. The minimum atomic E-state index is -0.253. The SMILES string of the molecule is Cc1ccc(OCC(=O)Nc2ccc(N3CCOCC3)cc2)c2c1[C@@H](C)CC2=O. The quantitative estimate of drug-likeness (QED) is 0.840. The van der Waals surface area contributed by atoms with E-state index in [0.29, 0.717) is 17.7 Å². The minimum absolute atomic E-state index is 0.0882. The Morgan fingerprint density at radius 3 is 2.62 bits per heavy atom. The molecule has 1 amide bonds. The van der Waals surface area contributed by atoms with Gasteiger partial charge in [0, 0.05) is 30.9 Å². The van der Waals surface area contributed by atoms with E-state index in [1.807, 2.05) is 44.2 Å². The number of nitrogens with one attached hydrogen (secondary N) is 1. The van der Waals surface area contributed by atoms with Gasteiger partial charge in [0.25, 0.3) is 5.91 Å². The molecular weight excluding hydrogens is 368 g/mol. The average Bonchev–Trinajstić information content (AvgIpc) is 3.04. The highest BCUT2D eigenvalue weighted by Crippen LogP contribution is 2.40. The maximum atomic E-state index is 12.4. The minimum Gasteiger partial charge on any atom is -0.483 e. The molecule has 1 aliphatic heterocycles. The molecule has 1 N–H and O–H groups in total. The van der Waals surface area contributed by atoms with Crippen LogP contribution in [-0.2, 0) is 9.53 Å². The number of carbonyl (C=O) groups excluding carboxylic acids is 2. The molecule has 0 bridgehead atoms. The van der Waals surface area contributed by atoms with Gasteiger partial charge in [0.1, 0.15) is 5.75 Å². The number of benzene rings is 2. The van der Waals surface area contributed by atoms with Crippen LogP contribution in [0.2, 0.25) is 0 Å². The monoisotopic (exact) mass is 394 g/mol. The fourth-order valence-electron chi connectivity index (χ4n) is 4.15. The summed E-state index contributed by atoms with van der Waals surface area (Å²) >= 11 is 0. The van der Waals surface area contributed by atoms with Crippen LogP contribution in [0.15, 0.2) is 36.4 Å². The van der Waals surface area contributed by atoms with Gasteiger partial charge in [-0.25, -0.2) is 0 Å². The molecule has 1 heterocycles. The third kappa shape index (κ3) is 4.12. The molecule has 0 spiro atoms. The number of ketones is 1. The number of fused-ring (bicyclic) bond motifs is 1. The van der Waals surface area contributed by atoms with E-state index < -0.39 is 0 Å². The van der Waals surface area contributed by atoms with Crippen molar-refractivity contribution in [3.8, 4) is 5.75 Å². The highest BCUT2D eigenvalue weighted by molar-refractivity contribution is 6.04. The zero-order valence-corrected chi connectivity index (χ0v) is 16.9. The summed E-state index contributed by atoms with van der Waals surface area (Å²) in [5, 5.41) is 2.85. The van der Waals surface area contributed by atoms with Crippen molar-refractivity contribution < 1.29 is 19.1 Å². The summed E-state index contributed by atoms with van der Waals surface area (Å²) in [6.07, 6.45) is 0.498. The summed E-state index contributed by atoms with van der Waals surface area (Å²) in [7, 11) is 0. The first-order valence-corrected chi connectivity index (χ1v) is 10.0. The highest BCUT2D eigenvalue weighted by atomic mass is 16.5. The maximum Gasteiger partial charge on any atom is 0.262 e. The predicted octanol–water partition coefficient (Wildman–Crippen LogP) is 3.54. The second kappa shape index (κ2) is 8.25. The van der Waals surface area contributed by atoms with Crippen LogP contribution in [0.1, 0.15) is 40.7 Å². The fraction of sp³-hybridized carbons (Fsp3) is 0.391. The molecule has 152 valence electrons. The lowest BCUT2D eigenvalue weighted by molar-refractivity contribution is -0.118. The molecule has 29 heavy (non-hydrogen) atoms. The Morgan fingerprint density at radius 1 is 1.17 bits per heavy atom. The van der Waals surface area contributed by atoms with Crippen molar-refractivity contribution in [3.05, 3.63) is 53.1 Å². The van der Waals surface area contributed by atoms with E-state index in [9.17, 15) is 9.59 Å². The van der Waals surface area contributed by atoms with Crippen LogP contribution < -0.4 is 15.0 Å². The molecule has 0 radical (unpaired) electrons. The summed E-state index contributed by atoms with van der Waals surface area (Å²) in [5.41, 5.74) is 4.61. The summed E-state index contributed by atoms with van der Waals surface area (Å²) in [6.45, 7) is 7.14. The van der Waals surface area contributed by atoms with Gasteiger partial charge in [-0.2, -0.15) is 0 Å². The van der Waals surface area contributed by atoms with Crippen LogP contribution in [0.4, 0.5) is 11.4 Å². The maximum absolute atomic E-state index is 12.4. The molecule has 6 nitrogen and oxygen atoms in total. The van der Waals surface area contributed by atoms with Crippen LogP contribution in [-0.4, -0.2) is 44.6 Å². The number of hydrogen-bond acceptors (Lipinski definition) is 5. The number of aryl methyl sites for hydroxylation is 1. The standard InChI is InChI=1S/C23H26N2O4/c1-15-3-8-20(23-19(26)13-16(2)22(15)23)29-14-21(27)24-17-4-6-18(7-5-17)25-9-11-28-12-10-25/h3-8,16H,9-14H2,1-2H3,(H,24,27)/t16-/m0/s1. The van der Waals surface area contributed by atoms with Gasteiger partial charge in [-0.1, -0.05) is 13.0 Å². The van der Waals surface area contributed by atoms with Gasteiger partial charge in [0.05, 0.1) is 18.8 Å². The van der Waals surface area contributed by atoms with E-state index in [2.05, 4.69) is 10.2 Å². The molecule has 2 aromatic carbocycles. The first-order valence-electron chi connectivity index (χ1n) is 10.0.